The van der Waals surface area contributed by atoms with Gasteiger partial charge >= 0.3 is 0 Å². The molecule has 0 radical (unpaired) electrons. The van der Waals surface area contributed by atoms with Gasteiger partial charge in [-0.05, 0) is 25.0 Å². The normalized spacial score (nSPS) is 11.2. The lowest BCUT2D eigenvalue weighted by molar-refractivity contribution is 0.669. The van der Waals surface area contributed by atoms with Crippen LogP contribution in [0, 0.1) is 0 Å². The number of benzene rings is 1. The monoisotopic (exact) mass is 281 g/mol. The van der Waals surface area contributed by atoms with Crippen molar-refractivity contribution in [3.63, 3.8) is 0 Å². The highest BCUT2D eigenvalue weighted by molar-refractivity contribution is 5.87. The lowest BCUT2D eigenvalue weighted by Crippen LogP contribution is -2.18. The number of nitrogens with one attached hydrogen (secondary N) is 1. The van der Waals surface area contributed by atoms with Crippen molar-refractivity contribution in [2.45, 2.75) is 32.7 Å². The van der Waals surface area contributed by atoms with Crippen molar-refractivity contribution < 1.29 is 0 Å². The lowest BCUT2D eigenvalue weighted by Gasteiger charge is -2.15. The molecule has 1 aromatic carbocycles. The minimum absolute atomic E-state index is 0.420. The zero-order valence-electron chi connectivity index (χ0n) is 12.3. The highest BCUT2D eigenvalue weighted by Crippen LogP contribution is 2.22. The van der Waals surface area contributed by atoms with Gasteiger partial charge in [-0.1, -0.05) is 32.0 Å². The molecule has 5 nitrogen and oxygen atoms in total. The summed E-state index contributed by atoms with van der Waals surface area (Å²) in [5.41, 5.74) is 1.82. The van der Waals surface area contributed by atoms with E-state index in [1.165, 1.54) is 0 Å². The number of rotatable bonds is 5. The summed E-state index contributed by atoms with van der Waals surface area (Å²) in [6, 6.07) is 10.4. The van der Waals surface area contributed by atoms with Crippen LogP contribution in [0.1, 0.15) is 26.7 Å². The van der Waals surface area contributed by atoms with Crippen LogP contribution >= 0.6 is 0 Å². The summed E-state index contributed by atoms with van der Waals surface area (Å²) >= 11 is 0. The van der Waals surface area contributed by atoms with Crippen molar-refractivity contribution in [3.8, 4) is 5.69 Å². The summed E-state index contributed by atoms with van der Waals surface area (Å²) in [5.74, 6) is 0.857. The summed E-state index contributed by atoms with van der Waals surface area (Å²) in [5, 5.41) is 8.89. The van der Waals surface area contributed by atoms with Crippen molar-refractivity contribution in [2.75, 3.05) is 5.32 Å². The second kappa shape index (κ2) is 5.91. The Bertz CT molecular complexity index is 716. The maximum atomic E-state index is 4.46. The van der Waals surface area contributed by atoms with E-state index in [0.717, 1.165) is 35.4 Å². The minimum Gasteiger partial charge on any atom is -0.367 e. The molecular formula is C16H19N5. The molecule has 0 saturated carbocycles. The standard InChI is InChI=1S/C16H19N5/c1-3-12(4-2)20-15-14-10-19-21(16(14)18-11-17-15)13-8-6-5-7-9-13/h5-12H,3-4H2,1-2H3,(H,17,18,20). The quantitative estimate of drug-likeness (QED) is 0.778. The Morgan fingerprint density at radius 3 is 2.57 bits per heavy atom. The average molecular weight is 281 g/mol. The largest absolute Gasteiger partial charge is 0.367 e. The van der Waals surface area contributed by atoms with E-state index in [1.54, 1.807) is 6.33 Å². The van der Waals surface area contributed by atoms with Gasteiger partial charge in [0.2, 0.25) is 0 Å². The van der Waals surface area contributed by atoms with E-state index >= 15 is 0 Å². The Morgan fingerprint density at radius 1 is 1.10 bits per heavy atom. The van der Waals surface area contributed by atoms with E-state index < -0.39 is 0 Å². The van der Waals surface area contributed by atoms with Crippen LogP contribution in [0.3, 0.4) is 0 Å². The van der Waals surface area contributed by atoms with Gasteiger partial charge in [0.15, 0.2) is 5.65 Å². The molecule has 0 aliphatic rings. The van der Waals surface area contributed by atoms with Crippen molar-refractivity contribution in [2.24, 2.45) is 0 Å². The van der Waals surface area contributed by atoms with Crippen LogP contribution in [0.5, 0.6) is 0 Å². The third-order valence-electron chi connectivity index (χ3n) is 3.69. The zero-order valence-corrected chi connectivity index (χ0v) is 12.3. The van der Waals surface area contributed by atoms with Crippen LogP contribution in [-0.2, 0) is 0 Å². The first-order valence-electron chi connectivity index (χ1n) is 7.34. The number of para-hydroxylation sites is 1. The first-order chi connectivity index (χ1) is 10.3. The zero-order chi connectivity index (χ0) is 14.7. The van der Waals surface area contributed by atoms with E-state index in [2.05, 4.69) is 34.2 Å². The molecule has 108 valence electrons. The summed E-state index contributed by atoms with van der Waals surface area (Å²) in [6.45, 7) is 4.35. The van der Waals surface area contributed by atoms with E-state index in [0.29, 0.717) is 6.04 Å². The molecule has 0 saturated heterocycles. The molecule has 0 atom stereocenters. The minimum atomic E-state index is 0.420. The maximum Gasteiger partial charge on any atom is 0.168 e. The third kappa shape index (κ3) is 2.59. The highest BCUT2D eigenvalue weighted by Gasteiger charge is 2.12. The summed E-state index contributed by atoms with van der Waals surface area (Å²) in [4.78, 5) is 8.76. The molecule has 21 heavy (non-hydrogen) atoms. The number of aromatic nitrogens is 4. The topological polar surface area (TPSA) is 55.6 Å². The van der Waals surface area contributed by atoms with Crippen LogP contribution in [0.15, 0.2) is 42.9 Å². The molecule has 2 heterocycles. The van der Waals surface area contributed by atoms with Gasteiger partial charge in [0, 0.05) is 6.04 Å². The molecular weight excluding hydrogens is 262 g/mol. The van der Waals surface area contributed by atoms with E-state index in [9.17, 15) is 0 Å². The number of fused-ring (bicyclic) bond motifs is 1. The molecule has 0 unspecified atom stereocenters. The van der Waals surface area contributed by atoms with Crippen molar-refractivity contribution >= 4 is 16.9 Å². The fourth-order valence-electron chi connectivity index (χ4n) is 2.40. The molecule has 0 aliphatic heterocycles. The third-order valence-corrected chi connectivity index (χ3v) is 3.69. The Hall–Kier alpha value is -2.43. The van der Waals surface area contributed by atoms with E-state index in [1.807, 2.05) is 41.2 Å². The molecule has 1 N–H and O–H groups in total. The Morgan fingerprint density at radius 2 is 1.86 bits per heavy atom. The first-order valence-corrected chi connectivity index (χ1v) is 7.34. The lowest BCUT2D eigenvalue weighted by atomic mass is 10.2. The molecule has 3 aromatic rings. The fourth-order valence-corrected chi connectivity index (χ4v) is 2.40. The Labute approximate surface area is 124 Å². The predicted molar refractivity (Wildman–Crippen MR) is 84.7 cm³/mol. The van der Waals surface area contributed by atoms with Gasteiger partial charge < -0.3 is 5.32 Å². The molecule has 3 rings (SSSR count). The van der Waals surface area contributed by atoms with E-state index in [-0.39, 0.29) is 0 Å². The number of hydrogen-bond donors (Lipinski definition) is 1. The van der Waals surface area contributed by atoms with Crippen molar-refractivity contribution in [1.82, 2.24) is 19.7 Å². The second-order valence-electron chi connectivity index (χ2n) is 5.01. The van der Waals surface area contributed by atoms with Gasteiger partial charge in [0.1, 0.15) is 12.1 Å². The SMILES string of the molecule is CCC(CC)Nc1ncnc2c1cnn2-c1ccccc1. The van der Waals surface area contributed by atoms with Crippen LogP contribution in [0.2, 0.25) is 0 Å². The Balaban J connectivity index is 2.04. The fraction of sp³-hybridized carbons (Fsp3) is 0.312. The van der Waals surface area contributed by atoms with Gasteiger partial charge in [-0.15, -0.1) is 0 Å². The molecule has 0 aliphatic carbocycles. The molecule has 2 aromatic heterocycles. The molecule has 0 fully saturated rings. The summed E-state index contributed by atoms with van der Waals surface area (Å²) in [7, 11) is 0. The number of nitrogens with zero attached hydrogens (tertiary/aromatic N) is 4. The predicted octanol–water partition coefficient (Wildman–Crippen LogP) is 3.42. The van der Waals surface area contributed by atoms with Crippen LogP contribution in [0.25, 0.3) is 16.7 Å². The molecule has 0 bridgehead atoms. The second-order valence-corrected chi connectivity index (χ2v) is 5.01. The molecule has 0 amide bonds. The molecule has 5 heteroatoms. The summed E-state index contributed by atoms with van der Waals surface area (Å²) < 4.78 is 1.84. The van der Waals surface area contributed by atoms with Gasteiger partial charge in [0.05, 0.1) is 17.3 Å². The van der Waals surface area contributed by atoms with Crippen molar-refractivity contribution in [3.05, 3.63) is 42.9 Å². The van der Waals surface area contributed by atoms with Gasteiger partial charge in [-0.2, -0.15) is 5.10 Å². The first kappa shape index (κ1) is 13.5. The summed E-state index contributed by atoms with van der Waals surface area (Å²) in [6.07, 6.45) is 5.55. The van der Waals surface area contributed by atoms with Crippen molar-refractivity contribution in [1.29, 1.82) is 0 Å². The van der Waals surface area contributed by atoms with Crippen LogP contribution in [0.4, 0.5) is 5.82 Å². The van der Waals surface area contributed by atoms with Crippen LogP contribution in [-0.4, -0.2) is 25.8 Å². The van der Waals surface area contributed by atoms with Gasteiger partial charge in [-0.25, -0.2) is 14.6 Å². The highest BCUT2D eigenvalue weighted by atomic mass is 15.3. The van der Waals surface area contributed by atoms with Gasteiger partial charge in [-0.3, -0.25) is 0 Å². The van der Waals surface area contributed by atoms with Crippen LogP contribution < -0.4 is 5.32 Å². The smallest absolute Gasteiger partial charge is 0.168 e. The Kier molecular flexibility index (Phi) is 3.81. The maximum absolute atomic E-state index is 4.46. The number of hydrogen-bond acceptors (Lipinski definition) is 4. The molecule has 0 spiro atoms. The van der Waals surface area contributed by atoms with E-state index in [4.69, 9.17) is 0 Å². The average Bonchev–Trinajstić information content (AvgIpc) is 2.98. The number of anilines is 1. The van der Waals surface area contributed by atoms with Gasteiger partial charge in [0.25, 0.3) is 0 Å².